The molecule has 8 heteroatoms. The third kappa shape index (κ3) is 4.45. The van der Waals surface area contributed by atoms with Crippen LogP contribution in [0, 0.1) is 6.92 Å². The fourth-order valence-electron chi connectivity index (χ4n) is 2.74. The number of aromatic nitrogens is 1. The minimum atomic E-state index is -0.651. The molecule has 1 fully saturated rings. The van der Waals surface area contributed by atoms with E-state index in [1.807, 2.05) is 42.6 Å². The highest BCUT2D eigenvalue weighted by atomic mass is 32.1. The molecule has 0 saturated carbocycles. The van der Waals surface area contributed by atoms with Crippen molar-refractivity contribution in [2.24, 2.45) is 0 Å². The smallest absolute Gasteiger partial charge is 0.324 e. The molecular formula is C18H20N4O3S. The second kappa shape index (κ2) is 8.09. The number of carbonyl (C=O) groups is 3. The first kappa shape index (κ1) is 18.1. The molecule has 2 N–H and O–H groups in total. The SMILES string of the molecule is Cc1csc(NC(=O)CCC2NC(=O)N(CCc3ccccc3)C2=O)n1. The minimum absolute atomic E-state index is 0.141. The molecule has 1 aromatic heterocycles. The van der Waals surface area contributed by atoms with Crippen molar-refractivity contribution in [3.8, 4) is 0 Å². The zero-order chi connectivity index (χ0) is 18.5. The number of aryl methyl sites for hydroxylation is 1. The predicted molar refractivity (Wildman–Crippen MR) is 98.9 cm³/mol. The van der Waals surface area contributed by atoms with Gasteiger partial charge in [-0.05, 0) is 25.3 Å². The van der Waals surface area contributed by atoms with E-state index in [4.69, 9.17) is 0 Å². The molecule has 1 aliphatic rings. The summed E-state index contributed by atoms with van der Waals surface area (Å²) in [4.78, 5) is 41.8. The number of carbonyl (C=O) groups excluding carboxylic acids is 3. The van der Waals surface area contributed by atoms with Gasteiger partial charge in [0, 0.05) is 18.3 Å². The summed E-state index contributed by atoms with van der Waals surface area (Å²) in [6.07, 6.45) is 1.01. The first-order valence-corrected chi connectivity index (χ1v) is 9.28. The highest BCUT2D eigenvalue weighted by Gasteiger charge is 2.37. The van der Waals surface area contributed by atoms with Gasteiger partial charge in [0.15, 0.2) is 5.13 Å². The number of urea groups is 1. The number of rotatable bonds is 7. The van der Waals surface area contributed by atoms with Crippen molar-refractivity contribution in [2.45, 2.75) is 32.2 Å². The van der Waals surface area contributed by atoms with Crippen LogP contribution in [0.3, 0.4) is 0 Å². The van der Waals surface area contributed by atoms with Crippen LogP contribution < -0.4 is 10.6 Å². The lowest BCUT2D eigenvalue weighted by atomic mass is 10.1. The molecule has 26 heavy (non-hydrogen) atoms. The molecule has 0 aliphatic carbocycles. The van der Waals surface area contributed by atoms with Crippen molar-refractivity contribution >= 4 is 34.3 Å². The van der Waals surface area contributed by atoms with E-state index >= 15 is 0 Å². The van der Waals surface area contributed by atoms with Crippen molar-refractivity contribution in [3.63, 3.8) is 0 Å². The second-order valence-corrected chi connectivity index (χ2v) is 6.97. The van der Waals surface area contributed by atoms with Gasteiger partial charge in [-0.15, -0.1) is 11.3 Å². The van der Waals surface area contributed by atoms with Gasteiger partial charge in [0.05, 0.1) is 5.69 Å². The lowest BCUT2D eigenvalue weighted by molar-refractivity contribution is -0.127. The topological polar surface area (TPSA) is 91.4 Å². The number of anilines is 1. The molecule has 2 heterocycles. The van der Waals surface area contributed by atoms with Crippen molar-refractivity contribution in [1.82, 2.24) is 15.2 Å². The van der Waals surface area contributed by atoms with E-state index in [9.17, 15) is 14.4 Å². The monoisotopic (exact) mass is 372 g/mol. The summed E-state index contributed by atoms with van der Waals surface area (Å²) in [5, 5.41) is 7.75. The van der Waals surface area contributed by atoms with E-state index in [1.54, 1.807) is 0 Å². The van der Waals surface area contributed by atoms with Gasteiger partial charge in [0.25, 0.3) is 5.91 Å². The molecular weight excluding hydrogens is 352 g/mol. The first-order chi connectivity index (χ1) is 12.5. The molecule has 4 amide bonds. The Hall–Kier alpha value is -2.74. The van der Waals surface area contributed by atoms with Gasteiger partial charge in [-0.2, -0.15) is 0 Å². The van der Waals surface area contributed by atoms with Crippen molar-refractivity contribution in [3.05, 3.63) is 47.0 Å². The Balaban J connectivity index is 1.48. The Morgan fingerprint density at radius 1 is 1.31 bits per heavy atom. The van der Waals surface area contributed by atoms with E-state index in [1.165, 1.54) is 16.2 Å². The zero-order valence-corrected chi connectivity index (χ0v) is 15.2. The van der Waals surface area contributed by atoms with Crippen LogP contribution in [-0.2, 0) is 16.0 Å². The lowest BCUT2D eigenvalue weighted by Crippen LogP contribution is -2.33. The lowest BCUT2D eigenvalue weighted by Gasteiger charge is -2.13. The fourth-order valence-corrected chi connectivity index (χ4v) is 3.44. The van der Waals surface area contributed by atoms with Crippen LogP contribution in [0.5, 0.6) is 0 Å². The average Bonchev–Trinajstić information content (AvgIpc) is 3.15. The second-order valence-electron chi connectivity index (χ2n) is 6.11. The number of nitrogens with zero attached hydrogens (tertiary/aromatic N) is 2. The third-order valence-electron chi connectivity index (χ3n) is 4.10. The standard InChI is InChI=1S/C18H20N4O3S/c1-12-11-26-17(19-12)21-15(23)8-7-14-16(24)22(18(25)20-14)10-9-13-5-3-2-4-6-13/h2-6,11,14H,7-10H2,1H3,(H,20,25)(H,19,21,23). The quantitative estimate of drug-likeness (QED) is 0.730. The van der Waals surface area contributed by atoms with Crippen LogP contribution in [0.2, 0.25) is 0 Å². The number of nitrogens with one attached hydrogen (secondary N) is 2. The Morgan fingerprint density at radius 2 is 2.08 bits per heavy atom. The van der Waals surface area contributed by atoms with E-state index in [0.29, 0.717) is 18.1 Å². The number of amides is 4. The molecule has 1 atom stereocenters. The molecule has 0 bridgehead atoms. The molecule has 1 aromatic carbocycles. The largest absolute Gasteiger partial charge is 0.326 e. The van der Waals surface area contributed by atoms with Crippen LogP contribution in [-0.4, -0.2) is 40.3 Å². The van der Waals surface area contributed by atoms with E-state index < -0.39 is 12.1 Å². The number of benzene rings is 1. The van der Waals surface area contributed by atoms with Crippen LogP contribution in [0.15, 0.2) is 35.7 Å². The third-order valence-corrected chi connectivity index (χ3v) is 4.97. The summed E-state index contributed by atoms with van der Waals surface area (Å²) in [7, 11) is 0. The Labute approximate surface area is 155 Å². The highest BCUT2D eigenvalue weighted by Crippen LogP contribution is 2.16. The maximum absolute atomic E-state index is 12.4. The summed E-state index contributed by atoms with van der Waals surface area (Å²) in [5.74, 6) is -0.493. The summed E-state index contributed by atoms with van der Waals surface area (Å²) >= 11 is 1.35. The van der Waals surface area contributed by atoms with Crippen molar-refractivity contribution in [2.75, 3.05) is 11.9 Å². The first-order valence-electron chi connectivity index (χ1n) is 8.40. The van der Waals surface area contributed by atoms with E-state index in [-0.39, 0.29) is 24.7 Å². The molecule has 3 rings (SSSR count). The minimum Gasteiger partial charge on any atom is -0.326 e. The van der Waals surface area contributed by atoms with Gasteiger partial charge in [-0.1, -0.05) is 30.3 Å². The normalized spacial score (nSPS) is 16.7. The highest BCUT2D eigenvalue weighted by molar-refractivity contribution is 7.13. The molecule has 1 aliphatic heterocycles. The van der Waals surface area contributed by atoms with Gasteiger partial charge in [-0.3, -0.25) is 14.5 Å². The summed E-state index contributed by atoms with van der Waals surface area (Å²) in [6, 6.07) is 8.64. The maximum atomic E-state index is 12.4. The van der Waals surface area contributed by atoms with Crippen LogP contribution in [0.25, 0.3) is 0 Å². The molecule has 2 aromatic rings. The molecule has 0 spiro atoms. The Morgan fingerprint density at radius 3 is 2.77 bits per heavy atom. The number of hydrogen-bond donors (Lipinski definition) is 2. The maximum Gasteiger partial charge on any atom is 0.324 e. The van der Waals surface area contributed by atoms with Crippen molar-refractivity contribution in [1.29, 1.82) is 0 Å². The van der Waals surface area contributed by atoms with Gasteiger partial charge in [0.2, 0.25) is 5.91 Å². The summed E-state index contributed by atoms with van der Waals surface area (Å²) in [5.41, 5.74) is 1.91. The molecule has 0 radical (unpaired) electrons. The van der Waals surface area contributed by atoms with Gasteiger partial charge in [-0.25, -0.2) is 9.78 Å². The zero-order valence-electron chi connectivity index (χ0n) is 14.4. The number of imide groups is 1. The van der Waals surface area contributed by atoms with Gasteiger partial charge < -0.3 is 10.6 Å². The predicted octanol–water partition coefficient (Wildman–Crippen LogP) is 2.33. The summed E-state index contributed by atoms with van der Waals surface area (Å²) in [6.45, 7) is 2.18. The van der Waals surface area contributed by atoms with Crippen LogP contribution in [0.4, 0.5) is 9.93 Å². The summed E-state index contributed by atoms with van der Waals surface area (Å²) < 4.78 is 0. The van der Waals surface area contributed by atoms with E-state index in [0.717, 1.165) is 11.3 Å². The van der Waals surface area contributed by atoms with Crippen molar-refractivity contribution < 1.29 is 14.4 Å². The fraction of sp³-hybridized carbons (Fsp3) is 0.333. The van der Waals surface area contributed by atoms with Gasteiger partial charge >= 0.3 is 6.03 Å². The van der Waals surface area contributed by atoms with Crippen LogP contribution >= 0.6 is 11.3 Å². The molecule has 7 nitrogen and oxygen atoms in total. The van der Waals surface area contributed by atoms with Crippen LogP contribution in [0.1, 0.15) is 24.1 Å². The number of hydrogen-bond acceptors (Lipinski definition) is 5. The van der Waals surface area contributed by atoms with E-state index in [2.05, 4.69) is 15.6 Å². The average molecular weight is 372 g/mol. The Kier molecular flexibility index (Phi) is 5.62. The number of thiazole rings is 1. The Bertz CT molecular complexity index is 806. The molecule has 1 saturated heterocycles. The molecule has 136 valence electrons. The molecule has 1 unspecified atom stereocenters. The van der Waals surface area contributed by atoms with Gasteiger partial charge in [0.1, 0.15) is 6.04 Å².